The number of nitrogens with zero attached hydrogens (tertiary/aromatic N) is 4. The van der Waals surface area contributed by atoms with Gasteiger partial charge in [-0.25, -0.2) is 14.5 Å². The van der Waals surface area contributed by atoms with Gasteiger partial charge in [0.1, 0.15) is 11.2 Å². The molecule has 22 heavy (non-hydrogen) atoms. The largest absolute Gasteiger partial charge is 0.550 e. The minimum absolute atomic E-state index is 0.0628. The van der Waals surface area contributed by atoms with Gasteiger partial charge in [0.2, 0.25) is 0 Å². The molecule has 0 saturated carbocycles. The number of aromatic nitrogens is 4. The molecule has 0 aromatic carbocycles. The first-order valence-corrected chi connectivity index (χ1v) is 8.28. The Balaban J connectivity index is 1.85. The van der Waals surface area contributed by atoms with Gasteiger partial charge in [0, 0.05) is 17.3 Å². The van der Waals surface area contributed by atoms with Crippen LogP contribution in [0.2, 0.25) is 0 Å². The molecule has 1 aliphatic rings. The van der Waals surface area contributed by atoms with Crippen molar-refractivity contribution < 1.29 is 9.90 Å². The molecule has 0 N–H and O–H groups in total. The zero-order chi connectivity index (χ0) is 15.3. The van der Waals surface area contributed by atoms with E-state index in [0.717, 1.165) is 28.7 Å². The third-order valence-corrected chi connectivity index (χ3v) is 5.39. The van der Waals surface area contributed by atoms with Gasteiger partial charge >= 0.3 is 0 Å². The summed E-state index contributed by atoms with van der Waals surface area (Å²) in [5.41, 5.74) is 2.15. The van der Waals surface area contributed by atoms with E-state index in [2.05, 4.69) is 22.0 Å². The van der Waals surface area contributed by atoms with Crippen LogP contribution in [0, 0.1) is 5.92 Å². The summed E-state index contributed by atoms with van der Waals surface area (Å²) in [6, 6.07) is 0. The van der Waals surface area contributed by atoms with Crippen LogP contribution in [0.15, 0.2) is 6.33 Å². The second kappa shape index (κ2) is 5.01. The average Bonchev–Trinajstić information content (AvgIpc) is 3.03. The molecular formula is C15H15N4O2S-. The lowest BCUT2D eigenvalue weighted by atomic mass is 9.89. The van der Waals surface area contributed by atoms with Crippen LogP contribution in [0.5, 0.6) is 0 Å². The maximum atomic E-state index is 10.6. The van der Waals surface area contributed by atoms with Crippen molar-refractivity contribution in [2.45, 2.75) is 39.0 Å². The normalized spacial score (nSPS) is 18.0. The number of carboxylic acid groups (broad SMARTS) is 1. The number of carbonyl (C=O) groups is 1. The fourth-order valence-electron chi connectivity index (χ4n) is 3.10. The van der Waals surface area contributed by atoms with Crippen LogP contribution in [-0.2, 0) is 24.1 Å². The van der Waals surface area contributed by atoms with Gasteiger partial charge in [0.15, 0.2) is 11.5 Å². The molecule has 3 heterocycles. The van der Waals surface area contributed by atoms with Crippen LogP contribution >= 0.6 is 11.3 Å². The Hall–Kier alpha value is -2.02. The van der Waals surface area contributed by atoms with Gasteiger partial charge in [0.25, 0.3) is 0 Å². The average molecular weight is 315 g/mol. The molecule has 0 bridgehead atoms. The lowest BCUT2D eigenvalue weighted by molar-refractivity contribution is -0.305. The number of carbonyl (C=O) groups excluding carboxylic acids is 1. The Kier molecular flexibility index (Phi) is 3.11. The third kappa shape index (κ3) is 2.16. The molecule has 1 atom stereocenters. The number of hydrogen-bond acceptors (Lipinski definition) is 6. The highest BCUT2D eigenvalue weighted by Gasteiger charge is 2.23. The number of aliphatic carboxylic acids is 1. The number of thiophene rings is 1. The van der Waals surface area contributed by atoms with E-state index in [-0.39, 0.29) is 12.8 Å². The highest BCUT2D eigenvalue weighted by Crippen LogP contribution is 2.38. The smallest absolute Gasteiger partial charge is 0.167 e. The topological polar surface area (TPSA) is 83.2 Å². The van der Waals surface area contributed by atoms with Gasteiger partial charge < -0.3 is 9.90 Å². The minimum atomic E-state index is -1.08. The molecule has 0 amide bonds. The highest BCUT2D eigenvalue weighted by atomic mass is 32.1. The summed E-state index contributed by atoms with van der Waals surface area (Å²) in [4.78, 5) is 22.1. The molecule has 3 aromatic rings. The lowest BCUT2D eigenvalue weighted by Gasteiger charge is -2.17. The molecule has 0 unspecified atom stereocenters. The zero-order valence-corrected chi connectivity index (χ0v) is 13.0. The molecule has 0 fully saturated rings. The highest BCUT2D eigenvalue weighted by molar-refractivity contribution is 7.19. The van der Waals surface area contributed by atoms with Crippen molar-refractivity contribution in [2.24, 2.45) is 5.92 Å². The van der Waals surface area contributed by atoms with E-state index in [1.54, 1.807) is 22.2 Å². The van der Waals surface area contributed by atoms with Crippen LogP contribution in [0.1, 0.15) is 36.0 Å². The molecule has 0 aliphatic heterocycles. The maximum absolute atomic E-state index is 10.6. The maximum Gasteiger partial charge on any atom is 0.167 e. The van der Waals surface area contributed by atoms with Gasteiger partial charge in [0.05, 0.1) is 5.39 Å². The quantitative estimate of drug-likeness (QED) is 0.724. The zero-order valence-electron chi connectivity index (χ0n) is 12.2. The Morgan fingerprint density at radius 2 is 2.41 bits per heavy atom. The molecule has 0 saturated heterocycles. The van der Waals surface area contributed by atoms with E-state index < -0.39 is 5.97 Å². The van der Waals surface area contributed by atoms with Crippen molar-refractivity contribution in [2.75, 3.05) is 0 Å². The summed E-state index contributed by atoms with van der Waals surface area (Å²) in [5.74, 6) is 0.166. The Bertz CT molecular complexity index is 883. The molecule has 6 nitrogen and oxygen atoms in total. The van der Waals surface area contributed by atoms with Crippen molar-refractivity contribution in [1.82, 2.24) is 19.6 Å². The summed E-state index contributed by atoms with van der Waals surface area (Å²) < 4.78 is 1.66. The monoisotopic (exact) mass is 315 g/mol. The van der Waals surface area contributed by atoms with Crippen molar-refractivity contribution in [1.29, 1.82) is 0 Å². The summed E-state index contributed by atoms with van der Waals surface area (Å²) in [7, 11) is 0. The molecule has 0 spiro atoms. The first-order chi connectivity index (χ1) is 10.6. The number of hydrogen-bond donors (Lipinski definition) is 0. The van der Waals surface area contributed by atoms with Crippen LogP contribution in [0.4, 0.5) is 0 Å². The predicted molar refractivity (Wildman–Crippen MR) is 80.7 cm³/mol. The summed E-state index contributed by atoms with van der Waals surface area (Å²) in [5, 5.41) is 16.0. The standard InChI is InChI=1S/C15H16N4O2S/c1-8-2-3-9-10(6-8)22-15-13(9)14-17-11(4-5-12(20)21)18-19(14)7-16-15/h7-8H,2-6H2,1H3,(H,20,21)/p-1/t8-/m0/s1. The summed E-state index contributed by atoms with van der Waals surface area (Å²) in [6.07, 6.45) is 5.24. The molecule has 3 aromatic heterocycles. The van der Waals surface area contributed by atoms with E-state index in [4.69, 9.17) is 0 Å². The molecule has 0 radical (unpaired) electrons. The van der Waals surface area contributed by atoms with Crippen molar-refractivity contribution >= 4 is 33.2 Å². The van der Waals surface area contributed by atoms with Gasteiger partial charge in [-0.05, 0) is 37.2 Å². The molecule has 114 valence electrons. The first-order valence-electron chi connectivity index (χ1n) is 7.46. The van der Waals surface area contributed by atoms with E-state index in [1.165, 1.54) is 16.9 Å². The molecule has 4 rings (SSSR count). The van der Waals surface area contributed by atoms with Crippen molar-refractivity contribution in [3.05, 3.63) is 22.6 Å². The SMILES string of the molecule is C[C@H]1CCc2c(sc3ncn4nc(CCC(=O)[O-])nc4c23)C1. The second-order valence-electron chi connectivity index (χ2n) is 5.94. The lowest BCUT2D eigenvalue weighted by Crippen LogP contribution is -2.22. The van der Waals surface area contributed by atoms with E-state index in [0.29, 0.717) is 11.7 Å². The molecular weight excluding hydrogens is 300 g/mol. The second-order valence-corrected chi connectivity index (χ2v) is 7.03. The Morgan fingerprint density at radius 3 is 3.23 bits per heavy atom. The number of rotatable bonds is 3. The van der Waals surface area contributed by atoms with Gasteiger partial charge in [-0.15, -0.1) is 16.4 Å². The number of aryl methyl sites for hydroxylation is 2. The summed E-state index contributed by atoms with van der Waals surface area (Å²) in [6.45, 7) is 2.28. The minimum Gasteiger partial charge on any atom is -0.550 e. The van der Waals surface area contributed by atoms with Gasteiger partial charge in [-0.2, -0.15) is 0 Å². The van der Waals surface area contributed by atoms with Gasteiger partial charge in [-0.1, -0.05) is 6.92 Å². The summed E-state index contributed by atoms with van der Waals surface area (Å²) >= 11 is 1.75. The number of fused-ring (bicyclic) bond motifs is 5. The Morgan fingerprint density at radius 1 is 1.55 bits per heavy atom. The predicted octanol–water partition coefficient (Wildman–Crippen LogP) is 1.15. The van der Waals surface area contributed by atoms with E-state index in [1.807, 2.05) is 0 Å². The van der Waals surface area contributed by atoms with Crippen molar-refractivity contribution in [3.8, 4) is 0 Å². The van der Waals surface area contributed by atoms with Crippen LogP contribution in [0.25, 0.3) is 15.9 Å². The fourth-order valence-corrected chi connectivity index (χ4v) is 4.45. The van der Waals surface area contributed by atoms with Crippen LogP contribution < -0.4 is 5.11 Å². The third-order valence-electron chi connectivity index (χ3n) is 4.23. The first kappa shape index (κ1) is 13.6. The van der Waals surface area contributed by atoms with E-state index >= 15 is 0 Å². The fraction of sp³-hybridized carbons (Fsp3) is 0.467. The Labute approximate surface area is 130 Å². The van der Waals surface area contributed by atoms with Crippen molar-refractivity contribution in [3.63, 3.8) is 0 Å². The van der Waals surface area contributed by atoms with Crippen LogP contribution in [-0.4, -0.2) is 25.6 Å². The van der Waals surface area contributed by atoms with Crippen LogP contribution in [0.3, 0.4) is 0 Å². The van der Waals surface area contributed by atoms with E-state index in [9.17, 15) is 9.90 Å². The van der Waals surface area contributed by atoms with Gasteiger partial charge in [-0.3, -0.25) is 0 Å². The molecule has 1 aliphatic carbocycles. The number of carboxylic acids is 1. The molecule has 7 heteroatoms.